The molecule has 1 aromatic carbocycles. The summed E-state index contributed by atoms with van der Waals surface area (Å²) in [6.45, 7) is 0.520. The second-order valence-electron chi connectivity index (χ2n) is 4.93. The standard InChI is InChI=1S/C13H13N4O6P/c18-12-10-11(15-13(19)16-12)17(7-14-10)5-6-23-8-1-3-9(4-2-8)24(20,21)22/h1-4,7H,5-6H2,(H2,20,21,22)(H2,15,16,18,19). The lowest BCUT2D eigenvalue weighted by Gasteiger charge is -2.09. The van der Waals surface area contributed by atoms with Gasteiger partial charge in [0.1, 0.15) is 18.0 Å². The summed E-state index contributed by atoms with van der Waals surface area (Å²) >= 11 is 0. The van der Waals surface area contributed by atoms with Crippen LogP contribution in [0.25, 0.3) is 11.2 Å². The van der Waals surface area contributed by atoms with Crippen LogP contribution in [-0.4, -0.2) is 35.9 Å². The molecule has 0 aliphatic carbocycles. The number of aromatic nitrogens is 4. The topological polar surface area (TPSA) is 150 Å². The number of nitrogens with zero attached hydrogens (tertiary/aromatic N) is 2. The molecule has 0 fully saturated rings. The monoisotopic (exact) mass is 352 g/mol. The summed E-state index contributed by atoms with van der Waals surface area (Å²) in [6, 6.07) is 5.49. The summed E-state index contributed by atoms with van der Waals surface area (Å²) in [5.41, 5.74) is -0.769. The lowest BCUT2D eigenvalue weighted by atomic mass is 10.3. The van der Waals surface area contributed by atoms with E-state index in [1.165, 1.54) is 30.6 Å². The van der Waals surface area contributed by atoms with Crippen molar-refractivity contribution in [2.45, 2.75) is 6.54 Å². The highest BCUT2D eigenvalue weighted by Crippen LogP contribution is 2.33. The first kappa shape index (κ1) is 16.2. The number of rotatable bonds is 5. The fraction of sp³-hybridized carbons (Fsp3) is 0.154. The zero-order valence-electron chi connectivity index (χ0n) is 12.2. The van der Waals surface area contributed by atoms with E-state index in [2.05, 4.69) is 15.0 Å². The molecule has 0 radical (unpaired) electrons. The smallest absolute Gasteiger partial charge is 0.356 e. The number of benzene rings is 1. The zero-order chi connectivity index (χ0) is 17.3. The first-order valence-corrected chi connectivity index (χ1v) is 8.42. The Labute approximate surface area is 133 Å². The molecule has 0 amide bonds. The third kappa shape index (κ3) is 3.30. The van der Waals surface area contributed by atoms with Crippen molar-refractivity contribution in [3.63, 3.8) is 0 Å². The maximum atomic E-state index is 11.6. The van der Waals surface area contributed by atoms with Gasteiger partial charge in [0, 0.05) is 0 Å². The van der Waals surface area contributed by atoms with Crippen LogP contribution >= 0.6 is 7.60 Å². The summed E-state index contributed by atoms with van der Waals surface area (Å²) in [6.07, 6.45) is 1.41. The van der Waals surface area contributed by atoms with Crippen molar-refractivity contribution in [2.24, 2.45) is 0 Å². The molecule has 126 valence electrons. The first-order valence-electron chi connectivity index (χ1n) is 6.81. The highest BCUT2D eigenvalue weighted by Gasteiger charge is 2.16. The first-order chi connectivity index (χ1) is 11.3. The van der Waals surface area contributed by atoms with Gasteiger partial charge in [-0.15, -0.1) is 0 Å². The van der Waals surface area contributed by atoms with E-state index >= 15 is 0 Å². The van der Waals surface area contributed by atoms with Gasteiger partial charge in [-0.2, -0.15) is 0 Å². The quantitative estimate of drug-likeness (QED) is 0.443. The molecule has 4 N–H and O–H groups in total. The molecule has 0 aliphatic rings. The van der Waals surface area contributed by atoms with Crippen molar-refractivity contribution < 1.29 is 19.1 Å². The Bertz CT molecular complexity index is 1030. The predicted molar refractivity (Wildman–Crippen MR) is 84.6 cm³/mol. The molecule has 11 heteroatoms. The maximum Gasteiger partial charge on any atom is 0.356 e. The third-order valence-electron chi connectivity index (χ3n) is 3.29. The maximum absolute atomic E-state index is 11.6. The SMILES string of the molecule is O=c1[nH]c(=O)c2ncn(CCOc3ccc(P(=O)(O)O)cc3)c2[nH]1. The van der Waals surface area contributed by atoms with Crippen LogP contribution in [0.2, 0.25) is 0 Å². The molecule has 0 unspecified atom stereocenters. The normalized spacial score (nSPS) is 11.8. The van der Waals surface area contributed by atoms with E-state index in [4.69, 9.17) is 14.5 Å². The molecule has 0 saturated heterocycles. The van der Waals surface area contributed by atoms with Crippen LogP contribution in [0.5, 0.6) is 5.75 Å². The van der Waals surface area contributed by atoms with Crippen molar-refractivity contribution in [2.75, 3.05) is 6.61 Å². The predicted octanol–water partition coefficient (Wildman–Crippen LogP) is -0.705. The van der Waals surface area contributed by atoms with Crippen molar-refractivity contribution in [3.05, 3.63) is 51.4 Å². The van der Waals surface area contributed by atoms with E-state index in [-0.39, 0.29) is 17.4 Å². The number of nitrogens with one attached hydrogen (secondary N) is 2. The van der Waals surface area contributed by atoms with Gasteiger partial charge in [0.2, 0.25) is 0 Å². The minimum Gasteiger partial charge on any atom is -0.492 e. The van der Waals surface area contributed by atoms with Gasteiger partial charge >= 0.3 is 13.3 Å². The number of hydrogen-bond donors (Lipinski definition) is 4. The lowest BCUT2D eigenvalue weighted by molar-refractivity contribution is 0.300. The largest absolute Gasteiger partial charge is 0.492 e. The number of aromatic amines is 2. The Morgan fingerprint density at radius 3 is 2.54 bits per heavy atom. The minimum atomic E-state index is -4.27. The van der Waals surface area contributed by atoms with Crippen molar-refractivity contribution >= 4 is 24.1 Å². The molecule has 2 aromatic heterocycles. The van der Waals surface area contributed by atoms with E-state index in [0.717, 1.165) is 0 Å². The van der Waals surface area contributed by atoms with Gasteiger partial charge in [-0.3, -0.25) is 19.3 Å². The highest BCUT2D eigenvalue weighted by molar-refractivity contribution is 7.60. The lowest BCUT2D eigenvalue weighted by Crippen LogP contribution is -2.23. The second kappa shape index (κ2) is 6.08. The Morgan fingerprint density at radius 1 is 1.17 bits per heavy atom. The van der Waals surface area contributed by atoms with Crippen LogP contribution in [0.3, 0.4) is 0 Å². The summed E-state index contributed by atoms with van der Waals surface area (Å²) in [5, 5.41) is -0.0905. The Balaban J connectivity index is 1.70. The molecule has 10 nitrogen and oxygen atoms in total. The highest BCUT2D eigenvalue weighted by atomic mass is 31.2. The number of H-pyrrole nitrogens is 2. The van der Waals surface area contributed by atoms with Crippen LogP contribution in [0.1, 0.15) is 0 Å². The minimum absolute atomic E-state index is 0.0905. The Morgan fingerprint density at radius 2 is 1.88 bits per heavy atom. The van der Waals surface area contributed by atoms with E-state index in [1.54, 1.807) is 4.57 Å². The fourth-order valence-electron chi connectivity index (χ4n) is 2.15. The molecule has 0 aliphatic heterocycles. The molecular formula is C13H13N4O6P. The van der Waals surface area contributed by atoms with Crippen LogP contribution < -0.4 is 21.3 Å². The molecule has 2 heterocycles. The van der Waals surface area contributed by atoms with Crippen molar-refractivity contribution in [1.82, 2.24) is 19.5 Å². The molecule has 24 heavy (non-hydrogen) atoms. The van der Waals surface area contributed by atoms with Crippen LogP contribution in [0.4, 0.5) is 0 Å². The van der Waals surface area contributed by atoms with E-state index < -0.39 is 18.8 Å². The van der Waals surface area contributed by atoms with Gasteiger partial charge in [0.05, 0.1) is 18.2 Å². The third-order valence-corrected chi connectivity index (χ3v) is 4.26. The summed E-state index contributed by atoms with van der Waals surface area (Å²) in [4.78, 5) is 49.5. The number of ether oxygens (including phenoxy) is 1. The van der Waals surface area contributed by atoms with Gasteiger partial charge in [0.25, 0.3) is 5.56 Å². The molecule has 0 bridgehead atoms. The Hall–Kier alpha value is -2.68. The number of fused-ring (bicyclic) bond motifs is 1. The fourth-order valence-corrected chi connectivity index (χ4v) is 2.69. The molecular weight excluding hydrogens is 339 g/mol. The molecule has 3 rings (SSSR count). The average molecular weight is 352 g/mol. The van der Waals surface area contributed by atoms with Gasteiger partial charge < -0.3 is 19.1 Å². The van der Waals surface area contributed by atoms with Crippen LogP contribution in [-0.2, 0) is 11.1 Å². The second-order valence-corrected chi connectivity index (χ2v) is 6.53. The van der Waals surface area contributed by atoms with Gasteiger partial charge in [-0.05, 0) is 24.3 Å². The van der Waals surface area contributed by atoms with Crippen molar-refractivity contribution in [3.8, 4) is 5.75 Å². The molecule has 0 atom stereocenters. The van der Waals surface area contributed by atoms with Crippen molar-refractivity contribution in [1.29, 1.82) is 0 Å². The van der Waals surface area contributed by atoms with Crippen LogP contribution in [0.15, 0.2) is 40.2 Å². The average Bonchev–Trinajstić information content (AvgIpc) is 2.90. The van der Waals surface area contributed by atoms with Gasteiger partial charge in [0.15, 0.2) is 5.52 Å². The van der Waals surface area contributed by atoms with Gasteiger partial charge in [-0.25, -0.2) is 9.78 Å². The van der Waals surface area contributed by atoms with Gasteiger partial charge in [-0.1, -0.05) is 0 Å². The summed E-state index contributed by atoms with van der Waals surface area (Å²) in [5.74, 6) is 0.433. The van der Waals surface area contributed by atoms with E-state index in [0.29, 0.717) is 17.9 Å². The molecule has 3 aromatic rings. The number of imidazole rings is 1. The van der Waals surface area contributed by atoms with Crippen LogP contribution in [0, 0.1) is 0 Å². The summed E-state index contributed by atoms with van der Waals surface area (Å²) in [7, 11) is -4.27. The zero-order valence-corrected chi connectivity index (χ0v) is 13.1. The summed E-state index contributed by atoms with van der Waals surface area (Å²) < 4.78 is 18.1. The van der Waals surface area contributed by atoms with E-state index in [1.807, 2.05) is 0 Å². The van der Waals surface area contributed by atoms with E-state index in [9.17, 15) is 14.2 Å². The number of hydrogen-bond acceptors (Lipinski definition) is 5. The Kier molecular flexibility index (Phi) is 4.10. The molecule has 0 spiro atoms. The molecule has 0 saturated carbocycles.